The van der Waals surface area contributed by atoms with Gasteiger partial charge in [-0.25, -0.2) is 13.1 Å². The molecule has 0 aromatic heterocycles. The molecule has 0 heterocycles. The van der Waals surface area contributed by atoms with Crippen molar-refractivity contribution < 1.29 is 8.42 Å². The van der Waals surface area contributed by atoms with E-state index in [-0.39, 0.29) is 5.92 Å². The van der Waals surface area contributed by atoms with Gasteiger partial charge in [0.15, 0.2) is 0 Å². The van der Waals surface area contributed by atoms with Gasteiger partial charge in [0.1, 0.15) is 0 Å². The molecule has 1 N–H and O–H groups in total. The molecular weight excluding hydrogens is 374 g/mol. The minimum absolute atomic E-state index is 0.282. The highest BCUT2D eigenvalue weighted by atomic mass is 32.2. The molecule has 2 aromatic rings. The lowest BCUT2D eigenvalue weighted by molar-refractivity contribution is 0.530. The van der Waals surface area contributed by atoms with Crippen LogP contribution in [-0.4, -0.2) is 20.7 Å². The molecule has 1 atom stereocenters. The Morgan fingerprint density at radius 2 is 1.41 bits per heavy atom. The van der Waals surface area contributed by atoms with Crippen LogP contribution in [0, 0.1) is 40.5 Å². The SMILES string of the molecule is Cc1cc(C)cc(SCCC(C)CNS(=O)(=O)c2c(C)cc(C)cc2C)c1. The number of nitrogens with one attached hydrogen (secondary N) is 1. The first-order chi connectivity index (χ1) is 12.6. The molecule has 0 aliphatic rings. The summed E-state index contributed by atoms with van der Waals surface area (Å²) in [6, 6.07) is 10.4. The van der Waals surface area contributed by atoms with Crippen LogP contribution in [0.2, 0.25) is 0 Å². The molecule has 3 nitrogen and oxygen atoms in total. The minimum atomic E-state index is -3.48. The van der Waals surface area contributed by atoms with E-state index in [1.54, 1.807) is 0 Å². The molecule has 1 unspecified atom stereocenters. The lowest BCUT2D eigenvalue weighted by Gasteiger charge is -2.16. The van der Waals surface area contributed by atoms with Gasteiger partial charge in [0.25, 0.3) is 0 Å². The fourth-order valence-corrected chi connectivity index (χ4v) is 6.32. The molecule has 27 heavy (non-hydrogen) atoms. The molecule has 0 bridgehead atoms. The Labute approximate surface area is 169 Å². The van der Waals surface area contributed by atoms with Crippen LogP contribution in [0.15, 0.2) is 40.1 Å². The number of thioether (sulfide) groups is 1. The van der Waals surface area contributed by atoms with E-state index in [1.165, 1.54) is 16.0 Å². The van der Waals surface area contributed by atoms with Crippen molar-refractivity contribution >= 4 is 21.8 Å². The van der Waals surface area contributed by atoms with Gasteiger partial charge in [0.05, 0.1) is 4.90 Å². The van der Waals surface area contributed by atoms with Gasteiger partial charge in [0, 0.05) is 11.4 Å². The van der Waals surface area contributed by atoms with Gasteiger partial charge in [-0.1, -0.05) is 30.7 Å². The largest absolute Gasteiger partial charge is 0.241 e. The number of rotatable bonds is 8. The van der Waals surface area contributed by atoms with E-state index in [0.717, 1.165) is 28.9 Å². The first kappa shape index (κ1) is 22.0. The lowest BCUT2D eigenvalue weighted by Crippen LogP contribution is -2.29. The van der Waals surface area contributed by atoms with E-state index in [2.05, 4.69) is 43.7 Å². The second kappa shape index (κ2) is 9.26. The van der Waals surface area contributed by atoms with Gasteiger partial charge in [-0.05, 0) is 87.1 Å². The average molecular weight is 406 g/mol. The third kappa shape index (κ3) is 6.37. The van der Waals surface area contributed by atoms with E-state index in [4.69, 9.17) is 0 Å². The Morgan fingerprint density at radius 3 is 1.96 bits per heavy atom. The summed E-state index contributed by atoms with van der Waals surface area (Å²) in [5.41, 5.74) is 5.25. The second-order valence-electron chi connectivity index (χ2n) is 7.65. The van der Waals surface area contributed by atoms with E-state index < -0.39 is 10.0 Å². The molecule has 5 heteroatoms. The van der Waals surface area contributed by atoms with Crippen LogP contribution < -0.4 is 4.72 Å². The highest BCUT2D eigenvalue weighted by Crippen LogP contribution is 2.24. The summed E-state index contributed by atoms with van der Waals surface area (Å²) in [5.74, 6) is 1.26. The zero-order valence-electron chi connectivity index (χ0n) is 17.2. The number of hydrogen-bond acceptors (Lipinski definition) is 3. The van der Waals surface area contributed by atoms with Crippen molar-refractivity contribution in [3.05, 3.63) is 58.1 Å². The summed E-state index contributed by atoms with van der Waals surface area (Å²) in [4.78, 5) is 1.70. The maximum Gasteiger partial charge on any atom is 0.241 e. The van der Waals surface area contributed by atoms with Crippen LogP contribution in [0.5, 0.6) is 0 Å². The lowest BCUT2D eigenvalue weighted by atomic mass is 10.1. The van der Waals surface area contributed by atoms with Gasteiger partial charge < -0.3 is 0 Å². The first-order valence-electron chi connectivity index (χ1n) is 9.37. The fraction of sp³-hybridized carbons (Fsp3) is 0.455. The molecule has 148 valence electrons. The van der Waals surface area contributed by atoms with Gasteiger partial charge in [-0.15, -0.1) is 11.8 Å². The molecule has 0 amide bonds. The molecule has 0 fully saturated rings. The topological polar surface area (TPSA) is 46.2 Å². The van der Waals surface area contributed by atoms with Crippen LogP contribution in [0.1, 0.15) is 41.2 Å². The highest BCUT2D eigenvalue weighted by molar-refractivity contribution is 7.99. The Kier molecular flexibility index (Phi) is 7.55. The minimum Gasteiger partial charge on any atom is -0.211 e. The predicted molar refractivity (Wildman–Crippen MR) is 116 cm³/mol. The Morgan fingerprint density at radius 1 is 0.889 bits per heavy atom. The molecule has 2 aromatic carbocycles. The number of sulfonamides is 1. The normalized spacial score (nSPS) is 13.0. The van der Waals surface area contributed by atoms with Crippen LogP contribution in [0.25, 0.3) is 0 Å². The van der Waals surface area contributed by atoms with Crippen molar-refractivity contribution in [1.29, 1.82) is 0 Å². The van der Waals surface area contributed by atoms with Crippen molar-refractivity contribution in [2.45, 2.75) is 57.8 Å². The third-order valence-electron chi connectivity index (χ3n) is 4.57. The van der Waals surface area contributed by atoms with Gasteiger partial charge in [0.2, 0.25) is 10.0 Å². The molecule has 0 saturated heterocycles. The van der Waals surface area contributed by atoms with Gasteiger partial charge in [-0.2, -0.15) is 0 Å². The summed E-state index contributed by atoms with van der Waals surface area (Å²) in [5, 5.41) is 0. The zero-order valence-corrected chi connectivity index (χ0v) is 18.9. The molecule has 0 radical (unpaired) electrons. The highest BCUT2D eigenvalue weighted by Gasteiger charge is 2.20. The van der Waals surface area contributed by atoms with Crippen molar-refractivity contribution in [2.24, 2.45) is 5.92 Å². The molecule has 0 aliphatic heterocycles. The summed E-state index contributed by atoms with van der Waals surface area (Å²) in [7, 11) is -3.48. The summed E-state index contributed by atoms with van der Waals surface area (Å²) < 4.78 is 28.3. The van der Waals surface area contributed by atoms with Crippen molar-refractivity contribution in [3.8, 4) is 0 Å². The third-order valence-corrected chi connectivity index (χ3v) is 7.31. The number of aryl methyl sites for hydroxylation is 5. The van der Waals surface area contributed by atoms with Crippen molar-refractivity contribution in [1.82, 2.24) is 4.72 Å². The maximum atomic E-state index is 12.7. The van der Waals surface area contributed by atoms with E-state index >= 15 is 0 Å². The van der Waals surface area contributed by atoms with Crippen molar-refractivity contribution in [3.63, 3.8) is 0 Å². The summed E-state index contributed by atoms with van der Waals surface area (Å²) in [6.07, 6.45) is 0.964. The van der Waals surface area contributed by atoms with Crippen LogP contribution in [-0.2, 0) is 10.0 Å². The molecule has 0 saturated carbocycles. The summed E-state index contributed by atoms with van der Waals surface area (Å²) >= 11 is 1.84. The maximum absolute atomic E-state index is 12.7. The van der Waals surface area contributed by atoms with E-state index in [1.807, 2.05) is 44.7 Å². The van der Waals surface area contributed by atoms with Crippen molar-refractivity contribution in [2.75, 3.05) is 12.3 Å². The summed E-state index contributed by atoms with van der Waals surface area (Å²) in [6.45, 7) is 12.5. The second-order valence-corrected chi connectivity index (χ2v) is 10.5. The fourth-order valence-electron chi connectivity index (χ4n) is 3.41. The smallest absolute Gasteiger partial charge is 0.211 e. The van der Waals surface area contributed by atoms with Crippen LogP contribution in [0.4, 0.5) is 0 Å². The predicted octanol–water partition coefficient (Wildman–Crippen LogP) is 5.33. The van der Waals surface area contributed by atoms with E-state index in [0.29, 0.717) is 11.4 Å². The quantitative estimate of drug-likeness (QED) is 0.604. The van der Waals surface area contributed by atoms with E-state index in [9.17, 15) is 8.42 Å². The number of benzene rings is 2. The Bertz CT molecular complexity index is 861. The van der Waals surface area contributed by atoms with Gasteiger partial charge in [-0.3, -0.25) is 0 Å². The van der Waals surface area contributed by atoms with Crippen LogP contribution >= 0.6 is 11.8 Å². The molecule has 2 rings (SSSR count). The first-order valence-corrected chi connectivity index (χ1v) is 11.8. The zero-order chi connectivity index (χ0) is 20.2. The average Bonchev–Trinajstić information content (AvgIpc) is 2.50. The standard InChI is InChI=1S/C22H31NO2S2/c1-15(7-8-26-21-12-16(2)9-17(3)13-21)14-23-27(24,25)22-19(5)10-18(4)11-20(22)6/h9-13,15,23H,7-8,14H2,1-6H3. The molecule has 0 spiro atoms. The molecular formula is C22H31NO2S2. The van der Waals surface area contributed by atoms with Crippen LogP contribution in [0.3, 0.4) is 0 Å². The Hall–Kier alpha value is -1.30. The number of hydrogen-bond donors (Lipinski definition) is 1. The molecule has 0 aliphatic carbocycles. The van der Waals surface area contributed by atoms with Gasteiger partial charge >= 0.3 is 0 Å². The Balaban J connectivity index is 1.90. The monoisotopic (exact) mass is 405 g/mol.